The summed E-state index contributed by atoms with van der Waals surface area (Å²) in [5.74, 6) is 0. The normalized spacial score (nSPS) is 45.2. The van der Waals surface area contributed by atoms with E-state index in [-0.39, 0.29) is 5.54 Å². The lowest BCUT2D eigenvalue weighted by atomic mass is 9.79. The quantitative estimate of drug-likeness (QED) is 0.853. The van der Waals surface area contributed by atoms with E-state index in [0.717, 1.165) is 25.9 Å². The van der Waals surface area contributed by atoms with Gasteiger partial charge in [0.1, 0.15) is 5.54 Å². The first-order valence-corrected chi connectivity index (χ1v) is 8.35. The Hall–Kier alpha value is -0.630. The summed E-state index contributed by atoms with van der Waals surface area (Å²) in [4.78, 5) is 2.63. The van der Waals surface area contributed by atoms with Crippen molar-refractivity contribution in [2.24, 2.45) is 0 Å². The fourth-order valence-electron chi connectivity index (χ4n) is 4.39. The zero-order chi connectivity index (χ0) is 13.6. The molecule has 0 aromatic carbocycles. The number of morpholine rings is 1. The molecular weight excluding hydrogens is 250 g/mol. The zero-order valence-electron chi connectivity index (χ0n) is 12.2. The molecule has 20 heavy (non-hydrogen) atoms. The number of ether oxygens (including phenoxy) is 1. The van der Waals surface area contributed by atoms with Crippen LogP contribution >= 0.6 is 0 Å². The molecule has 4 unspecified atom stereocenters. The Labute approximate surface area is 121 Å². The minimum atomic E-state index is -0.249. The van der Waals surface area contributed by atoms with Crippen molar-refractivity contribution in [1.82, 2.24) is 10.2 Å². The topological polar surface area (TPSA) is 48.3 Å². The predicted octanol–water partition coefficient (Wildman–Crippen LogP) is 1.81. The van der Waals surface area contributed by atoms with Gasteiger partial charge >= 0.3 is 0 Å². The molecule has 2 saturated heterocycles. The van der Waals surface area contributed by atoms with Gasteiger partial charge in [-0.15, -0.1) is 0 Å². The number of fused-ring (bicyclic) bond motifs is 2. The Morgan fingerprint density at radius 1 is 1.10 bits per heavy atom. The highest BCUT2D eigenvalue weighted by atomic mass is 16.5. The predicted molar refractivity (Wildman–Crippen MR) is 76.2 cm³/mol. The van der Waals surface area contributed by atoms with Gasteiger partial charge in [0.2, 0.25) is 0 Å². The highest BCUT2D eigenvalue weighted by molar-refractivity contribution is 5.13. The van der Waals surface area contributed by atoms with Crippen molar-refractivity contribution < 1.29 is 4.74 Å². The van der Waals surface area contributed by atoms with Gasteiger partial charge in [0.05, 0.1) is 18.3 Å². The van der Waals surface area contributed by atoms with Gasteiger partial charge in [0.15, 0.2) is 0 Å². The van der Waals surface area contributed by atoms with Crippen LogP contribution in [0.5, 0.6) is 0 Å². The van der Waals surface area contributed by atoms with Gasteiger partial charge in [0, 0.05) is 25.2 Å². The summed E-state index contributed by atoms with van der Waals surface area (Å²) in [6, 6.07) is 3.83. The van der Waals surface area contributed by atoms with Crippen LogP contribution in [0.15, 0.2) is 0 Å². The van der Waals surface area contributed by atoms with Crippen LogP contribution in [0.25, 0.3) is 0 Å². The minimum absolute atomic E-state index is 0.249. The summed E-state index contributed by atoms with van der Waals surface area (Å²) in [6.45, 7) is 2.18. The minimum Gasteiger partial charge on any atom is -0.372 e. The van der Waals surface area contributed by atoms with E-state index >= 15 is 0 Å². The summed E-state index contributed by atoms with van der Waals surface area (Å²) in [6.07, 6.45) is 10.4. The van der Waals surface area contributed by atoms with E-state index in [1.807, 2.05) is 0 Å². The van der Waals surface area contributed by atoms with Gasteiger partial charge in [-0.25, -0.2) is 0 Å². The molecule has 110 valence electrons. The van der Waals surface area contributed by atoms with Gasteiger partial charge in [-0.2, -0.15) is 5.26 Å². The van der Waals surface area contributed by atoms with E-state index in [0.29, 0.717) is 24.3 Å². The van der Waals surface area contributed by atoms with Gasteiger partial charge in [-0.3, -0.25) is 10.2 Å². The molecule has 4 atom stereocenters. The van der Waals surface area contributed by atoms with Crippen molar-refractivity contribution in [3.8, 4) is 6.07 Å². The lowest BCUT2D eigenvalue weighted by Gasteiger charge is -2.44. The van der Waals surface area contributed by atoms with Crippen LogP contribution in [-0.4, -0.2) is 47.8 Å². The molecule has 4 nitrogen and oxygen atoms in total. The first kappa shape index (κ1) is 13.1. The monoisotopic (exact) mass is 275 g/mol. The van der Waals surface area contributed by atoms with E-state index in [2.05, 4.69) is 16.3 Å². The van der Waals surface area contributed by atoms with Crippen molar-refractivity contribution >= 4 is 0 Å². The number of nitrogens with one attached hydrogen (secondary N) is 1. The van der Waals surface area contributed by atoms with E-state index in [1.165, 1.54) is 38.5 Å². The van der Waals surface area contributed by atoms with Crippen molar-refractivity contribution in [3.63, 3.8) is 0 Å². The number of rotatable bonds is 3. The molecular formula is C16H25N3O. The maximum Gasteiger partial charge on any atom is 0.108 e. The van der Waals surface area contributed by atoms with Crippen molar-refractivity contribution in [2.75, 3.05) is 13.1 Å². The van der Waals surface area contributed by atoms with Crippen LogP contribution in [-0.2, 0) is 4.74 Å². The summed E-state index contributed by atoms with van der Waals surface area (Å²) >= 11 is 0. The van der Waals surface area contributed by atoms with E-state index in [4.69, 9.17) is 4.74 Å². The van der Waals surface area contributed by atoms with Gasteiger partial charge < -0.3 is 4.74 Å². The average Bonchev–Trinajstić information content (AvgIpc) is 3.22. The van der Waals surface area contributed by atoms with Gasteiger partial charge in [-0.05, 0) is 51.4 Å². The second-order valence-corrected chi connectivity index (χ2v) is 7.27. The smallest absolute Gasteiger partial charge is 0.108 e. The molecule has 0 aromatic rings. The summed E-state index contributed by atoms with van der Waals surface area (Å²) in [7, 11) is 0. The van der Waals surface area contributed by atoms with Crippen molar-refractivity contribution in [1.29, 1.82) is 5.26 Å². The maximum absolute atomic E-state index is 9.69. The Morgan fingerprint density at radius 3 is 2.50 bits per heavy atom. The van der Waals surface area contributed by atoms with Crippen LogP contribution in [0.2, 0.25) is 0 Å². The molecule has 2 aliphatic carbocycles. The Morgan fingerprint density at radius 2 is 1.85 bits per heavy atom. The first-order chi connectivity index (χ1) is 9.76. The standard InChI is InChI=1S/C16H25N3O/c17-11-16(18-12-3-4-12)7-1-2-13(8-16)19-9-14-5-6-15(10-19)20-14/h12-15,18H,1-10H2. The van der Waals surface area contributed by atoms with Crippen molar-refractivity contribution in [3.05, 3.63) is 0 Å². The largest absolute Gasteiger partial charge is 0.372 e. The fourth-order valence-corrected chi connectivity index (χ4v) is 4.39. The summed E-state index contributed by atoms with van der Waals surface area (Å²) in [5.41, 5.74) is -0.249. The fraction of sp³-hybridized carbons (Fsp3) is 0.938. The molecule has 4 fully saturated rings. The third-order valence-corrected chi connectivity index (χ3v) is 5.58. The maximum atomic E-state index is 9.69. The van der Waals surface area contributed by atoms with E-state index < -0.39 is 0 Å². The second-order valence-electron chi connectivity index (χ2n) is 7.27. The Kier molecular flexibility index (Phi) is 3.25. The van der Waals surface area contributed by atoms with E-state index in [1.54, 1.807) is 0 Å². The summed E-state index contributed by atoms with van der Waals surface area (Å²) < 4.78 is 5.95. The van der Waals surface area contributed by atoms with E-state index in [9.17, 15) is 5.26 Å². The molecule has 2 saturated carbocycles. The molecule has 4 aliphatic rings. The van der Waals surface area contributed by atoms with Crippen LogP contribution in [0, 0.1) is 11.3 Å². The Balaban J connectivity index is 1.44. The Bertz CT molecular complexity index is 404. The lowest BCUT2D eigenvalue weighted by Crippen LogP contribution is -2.56. The number of nitrogens with zero attached hydrogens (tertiary/aromatic N) is 2. The van der Waals surface area contributed by atoms with Crippen LogP contribution in [0.1, 0.15) is 51.4 Å². The number of hydrogen-bond acceptors (Lipinski definition) is 4. The molecule has 2 aliphatic heterocycles. The third kappa shape index (κ3) is 2.47. The van der Waals surface area contributed by atoms with Crippen LogP contribution in [0.3, 0.4) is 0 Å². The molecule has 0 spiro atoms. The van der Waals surface area contributed by atoms with Gasteiger partial charge in [-0.1, -0.05) is 0 Å². The second kappa shape index (κ2) is 4.98. The number of likely N-dealkylation sites (tertiary alicyclic amines) is 1. The highest BCUT2D eigenvalue weighted by Gasteiger charge is 2.44. The molecule has 4 rings (SSSR count). The molecule has 0 aromatic heterocycles. The SMILES string of the molecule is N#CC1(NC2CC2)CCCC(N2CC3CCC(C2)O3)C1. The summed E-state index contributed by atoms with van der Waals surface area (Å²) in [5, 5.41) is 13.3. The first-order valence-electron chi connectivity index (χ1n) is 8.35. The molecule has 0 radical (unpaired) electrons. The number of nitriles is 1. The molecule has 2 bridgehead atoms. The zero-order valence-corrected chi connectivity index (χ0v) is 12.2. The van der Waals surface area contributed by atoms with Gasteiger partial charge in [0.25, 0.3) is 0 Å². The number of hydrogen-bond donors (Lipinski definition) is 1. The molecule has 1 N–H and O–H groups in total. The molecule has 4 heteroatoms. The highest BCUT2D eigenvalue weighted by Crippen LogP contribution is 2.37. The van der Waals surface area contributed by atoms with Crippen LogP contribution in [0.4, 0.5) is 0 Å². The van der Waals surface area contributed by atoms with Crippen molar-refractivity contribution in [2.45, 2.75) is 81.2 Å². The lowest BCUT2D eigenvalue weighted by molar-refractivity contribution is -0.0609. The molecule has 2 heterocycles. The average molecular weight is 275 g/mol. The molecule has 0 amide bonds. The third-order valence-electron chi connectivity index (χ3n) is 5.58. The van der Waals surface area contributed by atoms with Crippen LogP contribution < -0.4 is 5.32 Å².